The Morgan fingerprint density at radius 2 is 1.05 bits per heavy atom. The summed E-state index contributed by atoms with van der Waals surface area (Å²) in [4.78, 5) is 22.7. The molecule has 0 aromatic carbocycles. The zero-order valence-electron chi connectivity index (χ0n) is 35.1. The summed E-state index contributed by atoms with van der Waals surface area (Å²) in [5.74, 6) is -0.295. The van der Waals surface area contributed by atoms with Gasteiger partial charge in [-0.15, -0.1) is 0 Å². The Labute approximate surface area is 342 Å². The minimum atomic E-state index is -4.38. The first-order valence-corrected chi connectivity index (χ1v) is 23.0. The Hall–Kier alpha value is -2.84. The Morgan fingerprint density at radius 3 is 1.57 bits per heavy atom. The number of nitrogens with two attached hydrogens (primary N) is 1. The molecule has 9 heteroatoms. The lowest BCUT2D eigenvalue weighted by molar-refractivity contribution is -0.122. The van der Waals surface area contributed by atoms with Crippen LogP contribution in [0.4, 0.5) is 0 Å². The van der Waals surface area contributed by atoms with Crippen molar-refractivity contribution in [1.82, 2.24) is 5.32 Å². The number of carbonyl (C=O) groups excluding carboxylic acids is 1. The molecule has 0 spiro atoms. The molecule has 56 heavy (non-hydrogen) atoms. The maximum absolute atomic E-state index is 12.7. The van der Waals surface area contributed by atoms with Gasteiger partial charge in [-0.05, 0) is 83.5 Å². The van der Waals surface area contributed by atoms with E-state index in [1.54, 1.807) is 6.08 Å². The number of rotatable bonds is 38. The van der Waals surface area contributed by atoms with Crippen LogP contribution in [0.3, 0.4) is 0 Å². The van der Waals surface area contributed by atoms with E-state index in [2.05, 4.69) is 104 Å². The predicted molar refractivity (Wildman–Crippen MR) is 239 cm³/mol. The Morgan fingerprint density at radius 1 is 0.607 bits per heavy atom. The molecule has 0 heterocycles. The minimum absolute atomic E-state index is 0.0541. The number of hydrogen-bond acceptors (Lipinski definition) is 6. The van der Waals surface area contributed by atoms with Crippen molar-refractivity contribution in [3.05, 3.63) is 109 Å². The summed E-state index contributed by atoms with van der Waals surface area (Å²) < 4.78 is 22.1. The third-order valence-corrected chi connectivity index (χ3v) is 9.56. The summed E-state index contributed by atoms with van der Waals surface area (Å²) in [7, 11) is -4.38. The van der Waals surface area contributed by atoms with Gasteiger partial charge in [0.15, 0.2) is 0 Å². The van der Waals surface area contributed by atoms with Crippen molar-refractivity contribution in [2.24, 2.45) is 5.73 Å². The van der Waals surface area contributed by atoms with E-state index in [4.69, 9.17) is 14.8 Å². The summed E-state index contributed by atoms with van der Waals surface area (Å²) in [6, 6.07) is -0.931. The molecule has 0 saturated carbocycles. The fourth-order valence-electron chi connectivity index (χ4n) is 5.36. The van der Waals surface area contributed by atoms with Gasteiger partial charge in [0.2, 0.25) is 5.91 Å². The molecule has 3 atom stereocenters. The van der Waals surface area contributed by atoms with Gasteiger partial charge in [-0.1, -0.05) is 168 Å². The Balaban J connectivity index is 4.48. The van der Waals surface area contributed by atoms with Crippen molar-refractivity contribution in [2.45, 2.75) is 161 Å². The molecule has 0 saturated heterocycles. The van der Waals surface area contributed by atoms with Gasteiger partial charge < -0.3 is 21.1 Å². The lowest BCUT2D eigenvalue weighted by Crippen LogP contribution is -2.45. The van der Waals surface area contributed by atoms with Gasteiger partial charge >= 0.3 is 7.82 Å². The monoisotopic (exact) mass is 799 g/mol. The average molecular weight is 799 g/mol. The highest BCUT2D eigenvalue weighted by Crippen LogP contribution is 2.43. The molecule has 0 rings (SSSR count). The molecular formula is C47H79N2O6P. The molecule has 0 aliphatic carbocycles. The van der Waals surface area contributed by atoms with E-state index in [0.717, 1.165) is 57.8 Å². The molecule has 0 aliphatic rings. The fraction of sp³-hybridized carbons (Fsp3) is 0.596. The second kappa shape index (κ2) is 41.8. The molecule has 3 unspecified atom stereocenters. The topological polar surface area (TPSA) is 131 Å². The van der Waals surface area contributed by atoms with Crippen LogP contribution in [-0.4, -0.2) is 47.8 Å². The van der Waals surface area contributed by atoms with Gasteiger partial charge in [-0.3, -0.25) is 13.8 Å². The van der Waals surface area contributed by atoms with Crippen LogP contribution in [0, 0.1) is 0 Å². The molecule has 1 amide bonds. The first-order valence-electron chi connectivity index (χ1n) is 21.5. The second-order valence-electron chi connectivity index (χ2n) is 13.8. The lowest BCUT2D eigenvalue weighted by Gasteiger charge is -2.23. The zero-order valence-corrected chi connectivity index (χ0v) is 36.0. The first kappa shape index (κ1) is 53.2. The number of amides is 1. The SMILES string of the molecule is CC/C=C\C/C=C\C/C=C\C/C=C\C/C=C\C/C=C\CCC(=O)NC(COP(=O)(O)OCCN)C(O)/C=C/CC/C=C/CC/C=C/CCCCCCCCCC. The van der Waals surface area contributed by atoms with E-state index in [-0.39, 0.29) is 25.5 Å². The number of aliphatic hydroxyl groups excluding tert-OH is 1. The summed E-state index contributed by atoms with van der Waals surface area (Å²) in [6.45, 7) is 3.90. The number of unbranched alkanes of at least 4 members (excludes halogenated alkanes) is 10. The Kier molecular flexibility index (Phi) is 39.7. The van der Waals surface area contributed by atoms with E-state index in [1.807, 2.05) is 18.2 Å². The van der Waals surface area contributed by atoms with E-state index in [0.29, 0.717) is 12.8 Å². The summed E-state index contributed by atoms with van der Waals surface area (Å²) in [6.07, 6.45) is 58.7. The summed E-state index contributed by atoms with van der Waals surface area (Å²) in [5.41, 5.74) is 5.36. The van der Waals surface area contributed by atoms with Gasteiger partial charge in [0.25, 0.3) is 0 Å². The summed E-state index contributed by atoms with van der Waals surface area (Å²) in [5, 5.41) is 13.6. The highest BCUT2D eigenvalue weighted by Gasteiger charge is 2.26. The van der Waals surface area contributed by atoms with Gasteiger partial charge in [-0.2, -0.15) is 0 Å². The van der Waals surface area contributed by atoms with E-state index in [1.165, 1.54) is 57.8 Å². The number of hydrogen-bond donors (Lipinski definition) is 4. The smallest absolute Gasteiger partial charge is 0.387 e. The number of aliphatic hydroxyl groups is 1. The molecule has 0 fully saturated rings. The van der Waals surface area contributed by atoms with Crippen molar-refractivity contribution in [3.8, 4) is 0 Å². The second-order valence-corrected chi connectivity index (χ2v) is 15.2. The molecular weight excluding hydrogens is 719 g/mol. The van der Waals surface area contributed by atoms with Crippen LogP contribution in [0.15, 0.2) is 109 Å². The van der Waals surface area contributed by atoms with Crippen LogP contribution in [0.5, 0.6) is 0 Å². The molecule has 5 N–H and O–H groups in total. The maximum Gasteiger partial charge on any atom is 0.472 e. The van der Waals surface area contributed by atoms with Gasteiger partial charge in [-0.25, -0.2) is 4.57 Å². The quantitative estimate of drug-likeness (QED) is 0.0278. The fourth-order valence-corrected chi connectivity index (χ4v) is 6.12. The standard InChI is InChI=1S/C47H79N2O6P/c1-3-5-7-9-11-13-15-17-19-21-23-25-27-29-31-33-35-37-39-41-47(51)49-45(44-55-56(52,53)54-43-42-48)46(50)40-38-36-34-32-30-28-26-24-22-20-18-16-14-12-10-8-6-4-2/h5,7,11,13,17,19,22-25,29-32,35,37-38,40,45-46,50H,3-4,6,8-10,12,14-16,18,20-21,26-28,33-34,36,39,41-44,48H2,1-2H3,(H,49,51)(H,52,53)/b7-5-,13-11-,19-17-,24-22+,25-23-,31-29-,32-30+,37-35-,40-38+. The van der Waals surface area contributed by atoms with Crippen LogP contribution >= 0.6 is 7.82 Å². The molecule has 0 aromatic rings. The van der Waals surface area contributed by atoms with Gasteiger partial charge in [0, 0.05) is 13.0 Å². The van der Waals surface area contributed by atoms with Crippen LogP contribution < -0.4 is 11.1 Å². The summed E-state index contributed by atoms with van der Waals surface area (Å²) >= 11 is 0. The third-order valence-electron chi connectivity index (χ3n) is 8.57. The van der Waals surface area contributed by atoms with Gasteiger partial charge in [0.1, 0.15) is 0 Å². The van der Waals surface area contributed by atoms with Crippen LogP contribution in [-0.2, 0) is 18.4 Å². The normalized spacial score (nSPS) is 15.2. The van der Waals surface area contributed by atoms with Crippen LogP contribution in [0.1, 0.15) is 149 Å². The van der Waals surface area contributed by atoms with E-state index < -0.39 is 26.6 Å². The van der Waals surface area contributed by atoms with E-state index >= 15 is 0 Å². The highest BCUT2D eigenvalue weighted by molar-refractivity contribution is 7.47. The number of carbonyl (C=O) groups is 1. The largest absolute Gasteiger partial charge is 0.472 e. The molecule has 0 radical (unpaired) electrons. The number of nitrogens with one attached hydrogen (secondary N) is 1. The minimum Gasteiger partial charge on any atom is -0.387 e. The van der Waals surface area contributed by atoms with Crippen LogP contribution in [0.2, 0.25) is 0 Å². The average Bonchev–Trinajstić information content (AvgIpc) is 3.19. The van der Waals surface area contributed by atoms with Crippen molar-refractivity contribution in [3.63, 3.8) is 0 Å². The van der Waals surface area contributed by atoms with Crippen molar-refractivity contribution >= 4 is 13.7 Å². The lowest BCUT2D eigenvalue weighted by atomic mass is 10.1. The number of phosphoric acid groups is 1. The Bertz CT molecular complexity index is 1230. The number of allylic oxidation sites excluding steroid dienone is 17. The van der Waals surface area contributed by atoms with Crippen molar-refractivity contribution < 1.29 is 28.4 Å². The third kappa shape index (κ3) is 39.4. The van der Waals surface area contributed by atoms with Crippen LogP contribution in [0.25, 0.3) is 0 Å². The highest BCUT2D eigenvalue weighted by atomic mass is 31.2. The van der Waals surface area contributed by atoms with Crippen molar-refractivity contribution in [2.75, 3.05) is 19.8 Å². The molecule has 8 nitrogen and oxygen atoms in total. The van der Waals surface area contributed by atoms with Crippen molar-refractivity contribution in [1.29, 1.82) is 0 Å². The number of phosphoric ester groups is 1. The van der Waals surface area contributed by atoms with Gasteiger partial charge in [0.05, 0.1) is 25.4 Å². The first-order chi connectivity index (χ1) is 27.4. The predicted octanol–water partition coefficient (Wildman–Crippen LogP) is 12.2. The maximum atomic E-state index is 12.7. The van der Waals surface area contributed by atoms with E-state index in [9.17, 15) is 19.4 Å². The zero-order chi connectivity index (χ0) is 41.1. The molecule has 0 bridgehead atoms. The molecule has 318 valence electrons. The molecule has 0 aliphatic heterocycles. The molecule has 0 aromatic heterocycles.